The molecule has 0 aliphatic carbocycles. The molecule has 0 saturated heterocycles. The smallest absolute Gasteiger partial charge is 0.141 e. The summed E-state index contributed by atoms with van der Waals surface area (Å²) >= 11 is 0. The number of pyridine rings is 1. The highest BCUT2D eigenvalue weighted by molar-refractivity contribution is 5.84. The lowest BCUT2D eigenvalue weighted by molar-refractivity contribution is 0.311. The summed E-state index contributed by atoms with van der Waals surface area (Å²) < 4.78 is 5.19. The zero-order valence-corrected chi connectivity index (χ0v) is 13.0. The Labute approximate surface area is 129 Å². The highest BCUT2D eigenvalue weighted by Gasteiger charge is 2.12. The molecule has 0 bridgehead atoms. The Hall–Kier alpha value is -2.40. The molecule has 1 aromatic carbocycles. The summed E-state index contributed by atoms with van der Waals surface area (Å²) in [6.07, 6.45) is 0. The van der Waals surface area contributed by atoms with Gasteiger partial charge in [0.2, 0.25) is 0 Å². The number of benzene rings is 1. The molecule has 22 heavy (non-hydrogen) atoms. The van der Waals surface area contributed by atoms with Crippen LogP contribution in [0.2, 0.25) is 0 Å². The van der Waals surface area contributed by atoms with Gasteiger partial charge in [-0.1, -0.05) is 23.4 Å². The Balaban J connectivity index is 1.79. The van der Waals surface area contributed by atoms with E-state index in [1.807, 2.05) is 45.2 Å². The Morgan fingerprint density at radius 2 is 1.95 bits per heavy atom. The van der Waals surface area contributed by atoms with E-state index in [2.05, 4.69) is 15.0 Å². The fourth-order valence-electron chi connectivity index (χ4n) is 2.59. The first-order valence-electron chi connectivity index (χ1n) is 7.22. The molecule has 0 aliphatic rings. The van der Waals surface area contributed by atoms with Crippen molar-refractivity contribution in [2.45, 2.75) is 26.9 Å². The van der Waals surface area contributed by atoms with Crippen molar-refractivity contribution in [1.29, 1.82) is 0 Å². The van der Waals surface area contributed by atoms with Crippen LogP contribution in [-0.4, -0.2) is 27.2 Å². The van der Waals surface area contributed by atoms with Gasteiger partial charge in [-0.05, 0) is 33.0 Å². The topological polar surface area (TPSA) is 62.4 Å². The maximum atomic E-state index is 9.91. The monoisotopic (exact) mass is 297 g/mol. The van der Waals surface area contributed by atoms with Crippen LogP contribution in [0.3, 0.4) is 0 Å². The number of hydrogen-bond acceptors (Lipinski definition) is 5. The molecule has 5 nitrogen and oxygen atoms in total. The first-order chi connectivity index (χ1) is 10.5. The summed E-state index contributed by atoms with van der Waals surface area (Å²) in [5, 5.41) is 14.8. The van der Waals surface area contributed by atoms with Crippen molar-refractivity contribution in [3.8, 4) is 5.75 Å². The van der Waals surface area contributed by atoms with Gasteiger partial charge < -0.3 is 9.63 Å². The van der Waals surface area contributed by atoms with Gasteiger partial charge in [0, 0.05) is 24.0 Å². The highest BCUT2D eigenvalue weighted by Crippen LogP contribution is 2.23. The highest BCUT2D eigenvalue weighted by atomic mass is 16.5. The van der Waals surface area contributed by atoms with E-state index < -0.39 is 0 Å². The Kier molecular flexibility index (Phi) is 3.81. The number of para-hydroxylation sites is 1. The van der Waals surface area contributed by atoms with Gasteiger partial charge >= 0.3 is 0 Å². The lowest BCUT2D eigenvalue weighted by Gasteiger charge is -2.16. The van der Waals surface area contributed by atoms with Gasteiger partial charge in [0.05, 0.1) is 11.4 Å². The van der Waals surface area contributed by atoms with Crippen molar-refractivity contribution >= 4 is 10.9 Å². The molecule has 0 saturated carbocycles. The molecule has 0 fully saturated rings. The van der Waals surface area contributed by atoms with E-state index in [1.165, 1.54) is 0 Å². The third-order valence-corrected chi connectivity index (χ3v) is 3.80. The molecule has 2 aromatic heterocycles. The summed E-state index contributed by atoms with van der Waals surface area (Å²) in [4.78, 5) is 6.71. The third-order valence-electron chi connectivity index (χ3n) is 3.80. The molecule has 1 N–H and O–H groups in total. The van der Waals surface area contributed by atoms with Crippen LogP contribution in [0, 0.1) is 13.8 Å². The normalized spacial score (nSPS) is 11.5. The number of fused-ring (bicyclic) bond motifs is 1. The Morgan fingerprint density at radius 3 is 2.68 bits per heavy atom. The van der Waals surface area contributed by atoms with Gasteiger partial charge in [0.1, 0.15) is 17.0 Å². The summed E-state index contributed by atoms with van der Waals surface area (Å²) in [6.45, 7) is 5.32. The average Bonchev–Trinajstić information content (AvgIpc) is 2.80. The second-order valence-electron chi connectivity index (χ2n) is 5.63. The lowest BCUT2D eigenvalue weighted by Crippen LogP contribution is -2.18. The summed E-state index contributed by atoms with van der Waals surface area (Å²) in [6, 6.07) is 9.40. The van der Waals surface area contributed by atoms with Crippen LogP contribution >= 0.6 is 0 Å². The molecule has 3 aromatic rings. The van der Waals surface area contributed by atoms with E-state index in [0.29, 0.717) is 12.1 Å². The summed E-state index contributed by atoms with van der Waals surface area (Å²) in [7, 11) is 2.03. The molecule has 0 unspecified atom stereocenters. The van der Waals surface area contributed by atoms with Crippen molar-refractivity contribution < 1.29 is 9.63 Å². The van der Waals surface area contributed by atoms with Gasteiger partial charge in [-0.3, -0.25) is 4.90 Å². The lowest BCUT2D eigenvalue weighted by atomic mass is 10.1. The fourth-order valence-corrected chi connectivity index (χ4v) is 2.59. The first-order valence-corrected chi connectivity index (χ1v) is 7.22. The zero-order chi connectivity index (χ0) is 15.7. The zero-order valence-electron chi connectivity index (χ0n) is 13.0. The van der Waals surface area contributed by atoms with Crippen LogP contribution in [0.15, 0.2) is 34.9 Å². The number of aromatic hydroxyl groups is 1. The fraction of sp³-hybridized carbons (Fsp3) is 0.294. The predicted octanol–water partition coefficient (Wildman–Crippen LogP) is 3.18. The van der Waals surface area contributed by atoms with E-state index >= 15 is 0 Å². The number of rotatable bonds is 4. The minimum atomic E-state index is 0.215. The van der Waals surface area contributed by atoms with E-state index in [4.69, 9.17) is 4.52 Å². The third kappa shape index (κ3) is 2.80. The van der Waals surface area contributed by atoms with Crippen molar-refractivity contribution in [3.05, 3.63) is 53.0 Å². The van der Waals surface area contributed by atoms with Crippen molar-refractivity contribution in [3.63, 3.8) is 0 Å². The SMILES string of the molecule is Cc1noc(C)c1CN(C)Cc1ccc2cccc(O)c2n1. The molecule has 114 valence electrons. The van der Waals surface area contributed by atoms with Gasteiger partial charge in [0.25, 0.3) is 0 Å². The van der Waals surface area contributed by atoms with Crippen molar-refractivity contribution in [1.82, 2.24) is 15.0 Å². The molecule has 2 heterocycles. The molecule has 5 heteroatoms. The minimum absolute atomic E-state index is 0.215. The summed E-state index contributed by atoms with van der Waals surface area (Å²) in [5.74, 6) is 1.07. The Morgan fingerprint density at radius 1 is 1.14 bits per heavy atom. The quantitative estimate of drug-likeness (QED) is 0.801. The van der Waals surface area contributed by atoms with Crippen LogP contribution in [0.1, 0.15) is 22.7 Å². The number of aromatic nitrogens is 2. The van der Waals surface area contributed by atoms with Crippen LogP contribution in [-0.2, 0) is 13.1 Å². The van der Waals surface area contributed by atoms with Gasteiger partial charge in [0.15, 0.2) is 0 Å². The number of nitrogens with zero attached hydrogens (tertiary/aromatic N) is 3. The van der Waals surface area contributed by atoms with E-state index in [9.17, 15) is 5.11 Å². The van der Waals surface area contributed by atoms with Crippen LogP contribution in [0.25, 0.3) is 10.9 Å². The predicted molar refractivity (Wildman–Crippen MR) is 84.6 cm³/mol. The molecular weight excluding hydrogens is 278 g/mol. The average molecular weight is 297 g/mol. The number of phenolic OH excluding ortho intramolecular Hbond substituents is 1. The van der Waals surface area contributed by atoms with Gasteiger partial charge in [-0.25, -0.2) is 4.98 Å². The minimum Gasteiger partial charge on any atom is -0.506 e. The molecule has 3 rings (SSSR count). The first kappa shape index (κ1) is 14.5. The summed E-state index contributed by atoms with van der Waals surface area (Å²) in [5.41, 5.74) is 3.61. The van der Waals surface area contributed by atoms with Crippen LogP contribution in [0.4, 0.5) is 0 Å². The second kappa shape index (κ2) is 5.77. The molecule has 0 atom stereocenters. The molecule has 0 spiro atoms. The van der Waals surface area contributed by atoms with Gasteiger partial charge in [-0.2, -0.15) is 0 Å². The van der Waals surface area contributed by atoms with Crippen molar-refractivity contribution in [2.24, 2.45) is 0 Å². The van der Waals surface area contributed by atoms with E-state index in [0.717, 1.165) is 34.6 Å². The van der Waals surface area contributed by atoms with E-state index in [1.54, 1.807) is 6.07 Å². The number of aryl methyl sites for hydroxylation is 2. The molecular formula is C17H19N3O2. The standard InChI is InChI=1S/C17H19N3O2/c1-11-15(12(2)22-19-11)10-20(3)9-14-8-7-13-5-4-6-16(21)17(13)18-14/h4-8,21H,9-10H2,1-3H3. The molecule has 0 radical (unpaired) electrons. The van der Waals surface area contributed by atoms with Crippen LogP contribution < -0.4 is 0 Å². The Bertz CT molecular complexity index is 791. The van der Waals surface area contributed by atoms with Crippen molar-refractivity contribution in [2.75, 3.05) is 7.05 Å². The maximum Gasteiger partial charge on any atom is 0.141 e. The largest absolute Gasteiger partial charge is 0.506 e. The molecule has 0 amide bonds. The van der Waals surface area contributed by atoms with E-state index in [-0.39, 0.29) is 5.75 Å². The van der Waals surface area contributed by atoms with Gasteiger partial charge in [-0.15, -0.1) is 0 Å². The maximum absolute atomic E-state index is 9.91. The number of hydrogen-bond donors (Lipinski definition) is 1. The second-order valence-corrected chi connectivity index (χ2v) is 5.63. The number of phenols is 1. The van der Waals surface area contributed by atoms with Crippen LogP contribution in [0.5, 0.6) is 5.75 Å². The molecule has 0 aliphatic heterocycles.